The van der Waals surface area contributed by atoms with Gasteiger partial charge in [-0.15, -0.1) is 11.8 Å². The number of nitrogens with one attached hydrogen (secondary N) is 1. The van der Waals surface area contributed by atoms with Crippen molar-refractivity contribution in [3.8, 4) is 17.2 Å². The molecule has 198 valence electrons. The predicted molar refractivity (Wildman–Crippen MR) is 148 cm³/mol. The molecule has 0 unspecified atom stereocenters. The van der Waals surface area contributed by atoms with Crippen LogP contribution in [-0.4, -0.2) is 46.7 Å². The first-order valence-corrected chi connectivity index (χ1v) is 14.1. The SMILES string of the molecule is CC(C)(C)c1nn(-c2ccccc2Cl)c2c1[C@H](c1ccc3c(c1)OCO3)SCC(=O)N2CC(=O)NC1CC1. The standard InChI is InChI=1S/C28H29ClN4O4S/c1-28(2,3)26-24-25(16-8-11-20-21(12-16)37-15-36-20)38-14-23(35)32(13-22(34)30-17-9-10-17)27(24)33(31-26)19-7-5-4-6-18(19)29/h4-8,11-12,17,25H,9-10,13-15H2,1-3H3,(H,30,34)/t25-/m0/s1. The van der Waals surface area contributed by atoms with E-state index >= 15 is 0 Å². The Kier molecular flexibility index (Phi) is 6.31. The third kappa shape index (κ3) is 4.62. The van der Waals surface area contributed by atoms with E-state index in [2.05, 4.69) is 26.1 Å². The van der Waals surface area contributed by atoms with Crippen LogP contribution >= 0.6 is 23.4 Å². The fourth-order valence-electron chi connectivity index (χ4n) is 4.85. The zero-order chi connectivity index (χ0) is 26.6. The van der Waals surface area contributed by atoms with Gasteiger partial charge in [-0.2, -0.15) is 5.10 Å². The third-order valence-electron chi connectivity index (χ3n) is 6.82. The molecule has 1 fully saturated rings. The molecule has 38 heavy (non-hydrogen) atoms. The number of ether oxygens (including phenoxy) is 2. The van der Waals surface area contributed by atoms with E-state index in [1.807, 2.05) is 36.4 Å². The number of hydrogen-bond donors (Lipinski definition) is 1. The van der Waals surface area contributed by atoms with Gasteiger partial charge in [0, 0.05) is 17.0 Å². The monoisotopic (exact) mass is 552 g/mol. The number of hydrogen-bond acceptors (Lipinski definition) is 6. The van der Waals surface area contributed by atoms with Gasteiger partial charge in [0.15, 0.2) is 11.5 Å². The lowest BCUT2D eigenvalue weighted by atomic mass is 9.87. The number of carbonyl (C=O) groups is 2. The predicted octanol–water partition coefficient (Wildman–Crippen LogP) is 5.00. The number of para-hydroxylation sites is 1. The Hall–Kier alpha value is -3.17. The number of thioether (sulfide) groups is 1. The van der Waals surface area contributed by atoms with Gasteiger partial charge in [-0.1, -0.05) is 50.6 Å². The highest BCUT2D eigenvalue weighted by atomic mass is 35.5. The highest BCUT2D eigenvalue weighted by Crippen LogP contribution is 2.50. The number of benzene rings is 2. The lowest BCUT2D eigenvalue weighted by Crippen LogP contribution is -2.43. The molecule has 0 spiro atoms. The molecule has 1 aliphatic carbocycles. The Morgan fingerprint density at radius 2 is 1.92 bits per heavy atom. The van der Waals surface area contributed by atoms with Crippen LogP contribution in [0.25, 0.3) is 5.69 Å². The average molecular weight is 553 g/mol. The zero-order valence-electron chi connectivity index (χ0n) is 21.5. The van der Waals surface area contributed by atoms with Crippen LogP contribution in [0.5, 0.6) is 11.5 Å². The second-order valence-corrected chi connectivity index (χ2v) is 12.3. The minimum absolute atomic E-state index is 0.0868. The van der Waals surface area contributed by atoms with E-state index in [4.69, 9.17) is 26.2 Å². The fourth-order valence-corrected chi connectivity index (χ4v) is 6.25. The molecule has 8 nitrogen and oxygen atoms in total. The average Bonchev–Trinajstić information content (AvgIpc) is 3.44. The summed E-state index contributed by atoms with van der Waals surface area (Å²) in [6, 6.07) is 13.5. The van der Waals surface area contributed by atoms with Gasteiger partial charge in [0.1, 0.15) is 12.4 Å². The maximum atomic E-state index is 13.7. The lowest BCUT2D eigenvalue weighted by molar-refractivity contribution is -0.123. The van der Waals surface area contributed by atoms with Crippen LogP contribution in [0, 0.1) is 0 Å². The van der Waals surface area contributed by atoms with E-state index in [0.29, 0.717) is 28.0 Å². The molecule has 6 rings (SSSR count). The zero-order valence-corrected chi connectivity index (χ0v) is 23.1. The van der Waals surface area contributed by atoms with Crippen molar-refractivity contribution in [2.75, 3.05) is 24.0 Å². The number of fused-ring (bicyclic) bond motifs is 2. The Morgan fingerprint density at radius 1 is 1.16 bits per heavy atom. The van der Waals surface area contributed by atoms with Crippen molar-refractivity contribution in [1.29, 1.82) is 0 Å². The first-order valence-electron chi connectivity index (χ1n) is 12.7. The quantitative estimate of drug-likeness (QED) is 0.479. The molecule has 3 aliphatic rings. The van der Waals surface area contributed by atoms with Crippen LogP contribution < -0.4 is 19.7 Å². The molecule has 1 saturated carbocycles. The summed E-state index contributed by atoms with van der Waals surface area (Å²) in [7, 11) is 0. The van der Waals surface area contributed by atoms with Gasteiger partial charge in [-0.3, -0.25) is 14.5 Å². The van der Waals surface area contributed by atoms with Crippen LogP contribution in [0.2, 0.25) is 5.02 Å². The number of nitrogens with zero attached hydrogens (tertiary/aromatic N) is 3. The summed E-state index contributed by atoms with van der Waals surface area (Å²) in [5, 5.41) is 8.39. The van der Waals surface area contributed by atoms with Gasteiger partial charge < -0.3 is 14.8 Å². The highest BCUT2D eigenvalue weighted by Gasteiger charge is 2.41. The molecule has 1 N–H and O–H groups in total. The van der Waals surface area contributed by atoms with Gasteiger partial charge >= 0.3 is 0 Å². The second kappa shape index (κ2) is 9.54. The van der Waals surface area contributed by atoms with E-state index in [1.165, 1.54) is 11.8 Å². The van der Waals surface area contributed by atoms with Crippen molar-refractivity contribution in [2.24, 2.45) is 0 Å². The summed E-state index contributed by atoms with van der Waals surface area (Å²) in [6.07, 6.45) is 1.94. The number of carbonyl (C=O) groups excluding carboxylic acids is 2. The summed E-state index contributed by atoms with van der Waals surface area (Å²) >= 11 is 8.20. The molecule has 3 heterocycles. The molecule has 2 aromatic carbocycles. The van der Waals surface area contributed by atoms with Crippen LogP contribution in [0.15, 0.2) is 42.5 Å². The molecular weight excluding hydrogens is 524 g/mol. The summed E-state index contributed by atoms with van der Waals surface area (Å²) in [5.41, 5.74) is 3.00. The van der Waals surface area contributed by atoms with Gasteiger partial charge in [0.25, 0.3) is 0 Å². The van der Waals surface area contributed by atoms with Gasteiger partial charge in [-0.05, 0) is 42.7 Å². The molecule has 0 saturated heterocycles. The van der Waals surface area contributed by atoms with Crippen LogP contribution in [0.4, 0.5) is 5.82 Å². The Balaban J connectivity index is 1.57. The Labute approximate surface area is 230 Å². The molecule has 10 heteroatoms. The van der Waals surface area contributed by atoms with Crippen molar-refractivity contribution in [3.63, 3.8) is 0 Å². The number of rotatable bonds is 5. The van der Waals surface area contributed by atoms with E-state index < -0.39 is 0 Å². The van der Waals surface area contributed by atoms with Crippen molar-refractivity contribution in [3.05, 3.63) is 64.3 Å². The molecule has 3 aromatic rings. The van der Waals surface area contributed by atoms with E-state index in [9.17, 15) is 9.59 Å². The van der Waals surface area contributed by atoms with E-state index in [-0.39, 0.29) is 47.6 Å². The van der Waals surface area contributed by atoms with Crippen molar-refractivity contribution < 1.29 is 19.1 Å². The van der Waals surface area contributed by atoms with E-state index in [0.717, 1.165) is 29.7 Å². The third-order valence-corrected chi connectivity index (χ3v) is 8.40. The summed E-state index contributed by atoms with van der Waals surface area (Å²) in [4.78, 5) is 28.3. The smallest absolute Gasteiger partial charge is 0.240 e. The lowest BCUT2D eigenvalue weighted by Gasteiger charge is -2.24. The topological polar surface area (TPSA) is 85.7 Å². The number of amides is 2. The Morgan fingerprint density at radius 3 is 2.66 bits per heavy atom. The minimum Gasteiger partial charge on any atom is -0.454 e. The van der Waals surface area contributed by atoms with Crippen LogP contribution in [-0.2, 0) is 15.0 Å². The Bertz CT molecular complexity index is 1430. The summed E-state index contributed by atoms with van der Waals surface area (Å²) in [5.74, 6) is 1.83. The maximum absolute atomic E-state index is 13.7. The maximum Gasteiger partial charge on any atom is 0.240 e. The first-order chi connectivity index (χ1) is 18.2. The molecule has 1 atom stereocenters. The van der Waals surface area contributed by atoms with Gasteiger partial charge in [0.2, 0.25) is 18.6 Å². The summed E-state index contributed by atoms with van der Waals surface area (Å²) in [6.45, 7) is 6.40. The highest BCUT2D eigenvalue weighted by molar-refractivity contribution is 8.00. The largest absolute Gasteiger partial charge is 0.454 e. The molecule has 2 aliphatic heterocycles. The molecule has 0 bridgehead atoms. The minimum atomic E-state index is -0.360. The number of anilines is 1. The van der Waals surface area contributed by atoms with Crippen LogP contribution in [0.3, 0.4) is 0 Å². The fraction of sp³-hybridized carbons (Fsp3) is 0.393. The van der Waals surface area contributed by atoms with Crippen molar-refractivity contribution >= 4 is 41.0 Å². The molecule has 2 amide bonds. The van der Waals surface area contributed by atoms with Crippen molar-refractivity contribution in [2.45, 2.75) is 50.3 Å². The first kappa shape index (κ1) is 25.1. The summed E-state index contributed by atoms with van der Waals surface area (Å²) < 4.78 is 13.0. The molecular formula is C28H29ClN4O4S. The second-order valence-electron chi connectivity index (χ2n) is 10.8. The molecule has 1 aromatic heterocycles. The number of aromatic nitrogens is 2. The van der Waals surface area contributed by atoms with Crippen LogP contribution in [0.1, 0.15) is 55.7 Å². The normalized spacial score (nSPS) is 18.8. The van der Waals surface area contributed by atoms with Gasteiger partial charge in [0.05, 0.1) is 27.4 Å². The molecule has 0 radical (unpaired) electrons. The number of halogens is 1. The van der Waals surface area contributed by atoms with E-state index in [1.54, 1.807) is 15.6 Å². The van der Waals surface area contributed by atoms with Gasteiger partial charge in [-0.25, -0.2) is 4.68 Å². The van der Waals surface area contributed by atoms with Crippen molar-refractivity contribution in [1.82, 2.24) is 15.1 Å².